The molecule has 1 rings (SSSR count). The molecule has 1 aliphatic carbocycles. The lowest BCUT2D eigenvalue weighted by Gasteiger charge is -2.33. The second kappa shape index (κ2) is 13.6. The van der Waals surface area contributed by atoms with Crippen LogP contribution in [-0.2, 0) is 19.1 Å². The molecule has 6 nitrogen and oxygen atoms in total. The molecular weight excluding hydrogens is 384 g/mol. The van der Waals surface area contributed by atoms with Gasteiger partial charge >= 0.3 is 11.9 Å². The van der Waals surface area contributed by atoms with Gasteiger partial charge in [0.15, 0.2) is 0 Å². The van der Waals surface area contributed by atoms with E-state index < -0.39 is 11.9 Å². The molecule has 1 atom stereocenters. The van der Waals surface area contributed by atoms with Gasteiger partial charge in [0, 0.05) is 13.2 Å². The lowest BCUT2D eigenvalue weighted by molar-refractivity contribution is -0.147. The fraction of sp³-hybridized carbons (Fsp3) is 0.750. The highest BCUT2D eigenvalue weighted by Gasteiger charge is 2.32. The molecule has 172 valence electrons. The minimum Gasteiger partial charge on any atom is -0.462 e. The second-order valence-electron chi connectivity index (χ2n) is 9.07. The Balaban J connectivity index is 3.16. The molecule has 1 unspecified atom stereocenters. The van der Waals surface area contributed by atoms with Gasteiger partial charge in [-0.05, 0) is 61.9 Å². The molecule has 0 heterocycles. The molecule has 0 aromatic heterocycles. The van der Waals surface area contributed by atoms with Gasteiger partial charge in [-0.3, -0.25) is 0 Å². The predicted molar refractivity (Wildman–Crippen MR) is 117 cm³/mol. The summed E-state index contributed by atoms with van der Waals surface area (Å²) in [5.41, 5.74) is 1.85. The number of hydrogen-bond donors (Lipinski definition) is 2. The fourth-order valence-electron chi connectivity index (χ4n) is 3.67. The SMILES string of the molecule is CCC(C)CC1=CC(=C(C(=O)OCCCCO)C(=O)OCCCCO)CC(C)(C)C1. The molecule has 0 saturated heterocycles. The third-order valence-electron chi connectivity index (χ3n) is 5.36. The van der Waals surface area contributed by atoms with E-state index in [2.05, 4.69) is 27.7 Å². The molecule has 6 heteroatoms. The van der Waals surface area contributed by atoms with Crippen molar-refractivity contribution >= 4 is 11.9 Å². The smallest absolute Gasteiger partial charge is 0.345 e. The number of carbonyl (C=O) groups excluding carboxylic acids is 2. The van der Waals surface area contributed by atoms with Crippen LogP contribution in [0.4, 0.5) is 0 Å². The van der Waals surface area contributed by atoms with E-state index in [1.165, 1.54) is 5.57 Å². The van der Waals surface area contributed by atoms with Crippen molar-refractivity contribution in [3.63, 3.8) is 0 Å². The van der Waals surface area contributed by atoms with Gasteiger partial charge in [-0.25, -0.2) is 9.59 Å². The van der Waals surface area contributed by atoms with Crippen molar-refractivity contribution < 1.29 is 29.3 Å². The van der Waals surface area contributed by atoms with Gasteiger partial charge in [-0.1, -0.05) is 45.8 Å². The van der Waals surface area contributed by atoms with Crippen molar-refractivity contribution in [3.8, 4) is 0 Å². The van der Waals surface area contributed by atoms with Crippen LogP contribution < -0.4 is 0 Å². The number of esters is 2. The number of unbranched alkanes of at least 4 members (excludes halogenated alkanes) is 2. The van der Waals surface area contributed by atoms with E-state index in [1.807, 2.05) is 6.08 Å². The third kappa shape index (κ3) is 9.43. The molecule has 0 amide bonds. The number of allylic oxidation sites excluding steroid dienone is 3. The summed E-state index contributed by atoms with van der Waals surface area (Å²) in [5.74, 6) is -0.787. The first-order chi connectivity index (χ1) is 14.2. The maximum atomic E-state index is 12.8. The van der Waals surface area contributed by atoms with Gasteiger partial charge < -0.3 is 19.7 Å². The largest absolute Gasteiger partial charge is 0.462 e. The zero-order valence-electron chi connectivity index (χ0n) is 19.2. The maximum absolute atomic E-state index is 12.8. The third-order valence-corrected chi connectivity index (χ3v) is 5.36. The van der Waals surface area contributed by atoms with Crippen molar-refractivity contribution in [3.05, 3.63) is 22.8 Å². The average molecular weight is 425 g/mol. The van der Waals surface area contributed by atoms with Gasteiger partial charge in [0.1, 0.15) is 5.57 Å². The van der Waals surface area contributed by atoms with Crippen LogP contribution in [-0.4, -0.2) is 48.6 Å². The molecule has 0 saturated carbocycles. The normalized spacial score (nSPS) is 16.6. The predicted octanol–water partition coefficient (Wildman–Crippen LogP) is 4.10. The standard InChI is InChI=1S/C24H40O6/c1-5-18(2)14-19-15-20(17-24(3,4)16-19)21(22(27)29-12-8-6-10-25)23(28)30-13-9-7-11-26/h15,18,25-26H,5-14,16-17H2,1-4H3. The van der Waals surface area contributed by atoms with E-state index in [9.17, 15) is 9.59 Å². The van der Waals surface area contributed by atoms with Crippen LogP contribution in [0.25, 0.3) is 0 Å². The molecule has 0 aliphatic heterocycles. The van der Waals surface area contributed by atoms with Crippen molar-refractivity contribution in [2.75, 3.05) is 26.4 Å². The Kier molecular flexibility index (Phi) is 12.0. The molecule has 30 heavy (non-hydrogen) atoms. The van der Waals surface area contributed by atoms with E-state index in [-0.39, 0.29) is 37.4 Å². The number of carbonyl (C=O) groups is 2. The Morgan fingerprint density at radius 2 is 1.53 bits per heavy atom. The molecule has 0 spiro atoms. The van der Waals surface area contributed by atoms with Crippen molar-refractivity contribution in [1.82, 2.24) is 0 Å². The Morgan fingerprint density at radius 3 is 2.00 bits per heavy atom. The van der Waals surface area contributed by atoms with E-state index in [4.69, 9.17) is 19.7 Å². The van der Waals surface area contributed by atoms with Crippen molar-refractivity contribution in [2.24, 2.45) is 11.3 Å². The maximum Gasteiger partial charge on any atom is 0.345 e. The molecular formula is C24H40O6. The van der Waals surface area contributed by atoms with Gasteiger partial charge in [-0.2, -0.15) is 0 Å². The highest BCUT2D eigenvalue weighted by molar-refractivity contribution is 6.15. The number of aliphatic hydroxyl groups excluding tert-OH is 2. The molecule has 1 aliphatic rings. The zero-order valence-corrected chi connectivity index (χ0v) is 19.2. The highest BCUT2D eigenvalue weighted by Crippen LogP contribution is 2.41. The zero-order chi connectivity index (χ0) is 22.6. The monoisotopic (exact) mass is 424 g/mol. The summed E-state index contributed by atoms with van der Waals surface area (Å²) >= 11 is 0. The molecule has 0 bridgehead atoms. The summed E-state index contributed by atoms with van der Waals surface area (Å²) in [6.07, 6.45) is 7.70. The van der Waals surface area contributed by atoms with Crippen LogP contribution in [0.3, 0.4) is 0 Å². The minimum absolute atomic E-state index is 0.0163. The van der Waals surface area contributed by atoms with E-state index in [0.717, 1.165) is 19.3 Å². The Labute approximate surface area is 181 Å². The number of aliphatic hydroxyl groups is 2. The second-order valence-corrected chi connectivity index (χ2v) is 9.07. The summed E-state index contributed by atoms with van der Waals surface area (Å²) < 4.78 is 10.7. The van der Waals surface area contributed by atoms with Crippen LogP contribution in [0.15, 0.2) is 22.8 Å². The molecule has 0 aromatic carbocycles. The summed E-state index contributed by atoms with van der Waals surface area (Å²) in [5, 5.41) is 17.8. The first-order valence-electron chi connectivity index (χ1n) is 11.2. The summed E-state index contributed by atoms with van der Waals surface area (Å²) in [6, 6.07) is 0. The van der Waals surface area contributed by atoms with Crippen LogP contribution in [0, 0.1) is 11.3 Å². The Hall–Kier alpha value is -1.66. The molecule has 0 aromatic rings. The van der Waals surface area contributed by atoms with Crippen LogP contribution in [0.5, 0.6) is 0 Å². The topological polar surface area (TPSA) is 93.1 Å². The van der Waals surface area contributed by atoms with Crippen LogP contribution in [0.1, 0.15) is 79.1 Å². The van der Waals surface area contributed by atoms with Gasteiger partial charge in [0.2, 0.25) is 0 Å². The van der Waals surface area contributed by atoms with E-state index in [1.54, 1.807) is 0 Å². The van der Waals surface area contributed by atoms with E-state index >= 15 is 0 Å². The average Bonchev–Trinajstić information content (AvgIpc) is 2.67. The van der Waals surface area contributed by atoms with Gasteiger partial charge in [-0.15, -0.1) is 0 Å². The summed E-state index contributed by atoms with van der Waals surface area (Å²) in [4.78, 5) is 25.6. The Bertz CT molecular complexity index is 591. The quantitative estimate of drug-likeness (QED) is 0.152. The lowest BCUT2D eigenvalue weighted by atomic mass is 9.72. The van der Waals surface area contributed by atoms with Crippen molar-refractivity contribution in [1.29, 1.82) is 0 Å². The number of hydrogen-bond acceptors (Lipinski definition) is 6. The van der Waals surface area contributed by atoms with E-state index in [0.29, 0.717) is 43.6 Å². The molecule has 0 fully saturated rings. The lowest BCUT2D eigenvalue weighted by Crippen LogP contribution is -2.25. The number of rotatable bonds is 13. The van der Waals surface area contributed by atoms with Gasteiger partial charge in [0.05, 0.1) is 13.2 Å². The Morgan fingerprint density at radius 1 is 1.00 bits per heavy atom. The van der Waals surface area contributed by atoms with Crippen LogP contribution >= 0.6 is 0 Å². The van der Waals surface area contributed by atoms with Crippen molar-refractivity contribution in [2.45, 2.75) is 79.1 Å². The first kappa shape index (κ1) is 26.4. The minimum atomic E-state index is -0.660. The van der Waals surface area contributed by atoms with Crippen LogP contribution in [0.2, 0.25) is 0 Å². The first-order valence-corrected chi connectivity index (χ1v) is 11.2. The molecule has 0 radical (unpaired) electrons. The summed E-state index contributed by atoms with van der Waals surface area (Å²) in [7, 11) is 0. The molecule has 2 N–H and O–H groups in total. The fourth-order valence-corrected chi connectivity index (χ4v) is 3.67. The van der Waals surface area contributed by atoms with Gasteiger partial charge in [0.25, 0.3) is 0 Å². The summed E-state index contributed by atoms with van der Waals surface area (Å²) in [6.45, 7) is 9.04. The highest BCUT2D eigenvalue weighted by atomic mass is 16.6. The number of ether oxygens (including phenoxy) is 2.